The lowest BCUT2D eigenvalue weighted by Gasteiger charge is -2.18. The predicted molar refractivity (Wildman–Crippen MR) is 94.4 cm³/mol. The summed E-state index contributed by atoms with van der Waals surface area (Å²) in [7, 11) is -3.43. The lowest BCUT2D eigenvalue weighted by molar-refractivity contribution is 0.306. The number of nitrogens with zero attached hydrogens (tertiary/aromatic N) is 1. The summed E-state index contributed by atoms with van der Waals surface area (Å²) in [5.41, 5.74) is 6.11. The molecule has 24 heavy (non-hydrogen) atoms. The van der Waals surface area contributed by atoms with Gasteiger partial charge in [0.25, 0.3) is 0 Å². The molecule has 1 saturated heterocycles. The molecule has 5 nitrogen and oxygen atoms in total. The highest BCUT2D eigenvalue weighted by molar-refractivity contribution is 7.89. The van der Waals surface area contributed by atoms with Crippen LogP contribution in [0.3, 0.4) is 0 Å². The lowest BCUT2D eigenvalue weighted by atomic mass is 9.98. The number of hydrogen-bond donors (Lipinski definition) is 1. The van der Waals surface area contributed by atoms with E-state index in [2.05, 4.69) is 6.92 Å². The lowest BCUT2D eigenvalue weighted by Crippen LogP contribution is -2.33. The van der Waals surface area contributed by atoms with Gasteiger partial charge in [-0.25, -0.2) is 8.42 Å². The topological polar surface area (TPSA) is 72.6 Å². The van der Waals surface area contributed by atoms with Gasteiger partial charge in [-0.3, -0.25) is 0 Å². The monoisotopic (exact) mass is 352 g/mol. The Morgan fingerprint density at radius 1 is 1.17 bits per heavy atom. The third kappa shape index (κ3) is 3.60. The van der Waals surface area contributed by atoms with Gasteiger partial charge in [0.2, 0.25) is 10.0 Å². The molecule has 2 N–H and O–H groups in total. The highest BCUT2D eigenvalue weighted by atomic mass is 32.2. The van der Waals surface area contributed by atoms with Crippen molar-refractivity contribution in [3.05, 3.63) is 24.3 Å². The Bertz CT molecular complexity index is 645. The molecule has 0 bridgehead atoms. The van der Waals surface area contributed by atoms with Crippen LogP contribution in [0.1, 0.15) is 39.0 Å². The van der Waals surface area contributed by atoms with Crippen LogP contribution in [-0.4, -0.2) is 38.5 Å². The van der Waals surface area contributed by atoms with E-state index in [-0.39, 0.29) is 6.04 Å². The molecule has 1 heterocycles. The van der Waals surface area contributed by atoms with Crippen molar-refractivity contribution < 1.29 is 13.2 Å². The van der Waals surface area contributed by atoms with Gasteiger partial charge in [0.05, 0.1) is 11.5 Å². The average Bonchev–Trinajstić information content (AvgIpc) is 3.15. The van der Waals surface area contributed by atoms with Crippen LogP contribution in [0.15, 0.2) is 29.2 Å². The second kappa shape index (κ2) is 7.42. The van der Waals surface area contributed by atoms with Crippen LogP contribution in [0.5, 0.6) is 5.75 Å². The molecule has 1 saturated carbocycles. The molecule has 0 spiro atoms. The van der Waals surface area contributed by atoms with Crippen LogP contribution >= 0.6 is 0 Å². The molecule has 134 valence electrons. The predicted octanol–water partition coefficient (Wildman–Crippen LogP) is 2.61. The largest absolute Gasteiger partial charge is 0.494 e. The van der Waals surface area contributed by atoms with Gasteiger partial charge in [-0.2, -0.15) is 4.31 Å². The highest BCUT2D eigenvalue weighted by Gasteiger charge is 2.44. The van der Waals surface area contributed by atoms with Crippen molar-refractivity contribution in [2.45, 2.75) is 50.0 Å². The maximum atomic E-state index is 12.8. The van der Waals surface area contributed by atoms with E-state index in [9.17, 15) is 8.42 Å². The van der Waals surface area contributed by atoms with E-state index in [1.165, 1.54) is 0 Å². The standard InChI is InChI=1S/C18H28N2O3S/c1-2-3-4-11-23-15-6-8-16(9-7-15)24(21,22)20-12-14-5-10-18(19)17(14)13-20/h6-9,14,17-18H,2-5,10-13,19H2,1H3. The fourth-order valence-corrected chi connectivity index (χ4v) is 5.40. The van der Waals surface area contributed by atoms with Gasteiger partial charge in [0.15, 0.2) is 0 Å². The zero-order chi connectivity index (χ0) is 17.2. The van der Waals surface area contributed by atoms with Gasteiger partial charge in [0.1, 0.15) is 5.75 Å². The van der Waals surface area contributed by atoms with E-state index in [0.29, 0.717) is 36.4 Å². The van der Waals surface area contributed by atoms with Crippen molar-refractivity contribution in [2.24, 2.45) is 17.6 Å². The number of sulfonamides is 1. The Morgan fingerprint density at radius 2 is 1.92 bits per heavy atom. The molecule has 6 heteroatoms. The second-order valence-corrected chi connectivity index (χ2v) is 8.95. The van der Waals surface area contributed by atoms with Gasteiger partial charge in [0, 0.05) is 19.1 Å². The van der Waals surface area contributed by atoms with E-state index in [0.717, 1.165) is 37.9 Å². The van der Waals surface area contributed by atoms with Gasteiger partial charge >= 0.3 is 0 Å². The van der Waals surface area contributed by atoms with Crippen LogP contribution in [0, 0.1) is 11.8 Å². The van der Waals surface area contributed by atoms with Gasteiger partial charge in [-0.05, 0) is 55.4 Å². The first kappa shape index (κ1) is 17.7. The summed E-state index contributed by atoms with van der Waals surface area (Å²) in [6.07, 6.45) is 5.39. The number of rotatable bonds is 7. The normalized spacial score (nSPS) is 27.3. The molecule has 2 fully saturated rings. The molecule has 3 rings (SSSR count). The Balaban J connectivity index is 1.63. The molecular formula is C18H28N2O3S. The summed E-state index contributed by atoms with van der Waals surface area (Å²) in [4.78, 5) is 0.344. The third-order valence-electron chi connectivity index (χ3n) is 5.36. The minimum atomic E-state index is -3.43. The molecule has 0 aromatic heterocycles. The number of fused-ring (bicyclic) bond motifs is 1. The van der Waals surface area contributed by atoms with Gasteiger partial charge < -0.3 is 10.5 Å². The molecule has 3 atom stereocenters. The molecule has 3 unspecified atom stereocenters. The molecule has 1 aliphatic carbocycles. The van der Waals surface area contributed by atoms with Crippen molar-refractivity contribution in [1.82, 2.24) is 4.31 Å². The van der Waals surface area contributed by atoms with Crippen molar-refractivity contribution in [3.8, 4) is 5.75 Å². The number of ether oxygens (including phenoxy) is 1. The van der Waals surface area contributed by atoms with E-state index >= 15 is 0 Å². The zero-order valence-corrected chi connectivity index (χ0v) is 15.2. The van der Waals surface area contributed by atoms with Crippen molar-refractivity contribution in [2.75, 3.05) is 19.7 Å². The SMILES string of the molecule is CCCCCOc1ccc(S(=O)(=O)N2CC3CCC(N)C3C2)cc1. The fourth-order valence-electron chi connectivity index (χ4n) is 3.86. The highest BCUT2D eigenvalue weighted by Crippen LogP contribution is 2.39. The van der Waals surface area contributed by atoms with E-state index < -0.39 is 10.0 Å². The minimum absolute atomic E-state index is 0.147. The number of unbranched alkanes of at least 4 members (excludes halogenated alkanes) is 2. The Kier molecular flexibility index (Phi) is 5.47. The Morgan fingerprint density at radius 3 is 2.58 bits per heavy atom. The van der Waals surface area contributed by atoms with Crippen molar-refractivity contribution in [1.29, 1.82) is 0 Å². The molecule has 1 aliphatic heterocycles. The van der Waals surface area contributed by atoms with Crippen LogP contribution in [0.25, 0.3) is 0 Å². The Hall–Kier alpha value is -1.11. The van der Waals surface area contributed by atoms with Crippen LogP contribution in [0.4, 0.5) is 0 Å². The van der Waals surface area contributed by atoms with E-state index in [4.69, 9.17) is 10.5 Å². The van der Waals surface area contributed by atoms with E-state index in [1.807, 2.05) is 0 Å². The third-order valence-corrected chi connectivity index (χ3v) is 7.20. The summed E-state index contributed by atoms with van der Waals surface area (Å²) < 4.78 is 32.9. The Labute approximate surface area is 145 Å². The van der Waals surface area contributed by atoms with Gasteiger partial charge in [-0.1, -0.05) is 19.8 Å². The first-order valence-electron chi connectivity index (χ1n) is 9.01. The summed E-state index contributed by atoms with van der Waals surface area (Å²) in [5, 5.41) is 0. The molecule has 1 aromatic rings. The van der Waals surface area contributed by atoms with Crippen LogP contribution < -0.4 is 10.5 Å². The summed E-state index contributed by atoms with van der Waals surface area (Å²) in [5.74, 6) is 1.47. The number of hydrogen-bond acceptors (Lipinski definition) is 4. The van der Waals surface area contributed by atoms with Gasteiger partial charge in [-0.15, -0.1) is 0 Å². The summed E-state index contributed by atoms with van der Waals surface area (Å²) >= 11 is 0. The zero-order valence-electron chi connectivity index (χ0n) is 14.4. The van der Waals surface area contributed by atoms with E-state index in [1.54, 1.807) is 28.6 Å². The maximum absolute atomic E-state index is 12.8. The summed E-state index contributed by atoms with van der Waals surface area (Å²) in [6.45, 7) is 3.99. The average molecular weight is 353 g/mol. The molecule has 1 aromatic carbocycles. The molecule has 2 aliphatic rings. The first-order chi connectivity index (χ1) is 11.5. The second-order valence-electron chi connectivity index (χ2n) is 7.01. The maximum Gasteiger partial charge on any atom is 0.243 e. The quantitative estimate of drug-likeness (QED) is 0.766. The minimum Gasteiger partial charge on any atom is -0.494 e. The smallest absolute Gasteiger partial charge is 0.243 e. The first-order valence-corrected chi connectivity index (χ1v) is 10.4. The van der Waals surface area contributed by atoms with Crippen LogP contribution in [-0.2, 0) is 10.0 Å². The van der Waals surface area contributed by atoms with Crippen molar-refractivity contribution >= 4 is 10.0 Å². The molecule has 0 amide bonds. The molecule has 0 radical (unpaired) electrons. The molecular weight excluding hydrogens is 324 g/mol. The number of benzene rings is 1. The number of nitrogens with two attached hydrogens (primary N) is 1. The van der Waals surface area contributed by atoms with Crippen LogP contribution in [0.2, 0.25) is 0 Å². The summed E-state index contributed by atoms with van der Waals surface area (Å²) in [6, 6.07) is 6.95. The fraction of sp³-hybridized carbons (Fsp3) is 0.667. The van der Waals surface area contributed by atoms with Crippen molar-refractivity contribution in [3.63, 3.8) is 0 Å².